The number of nitrogens with one attached hydrogen (secondary N) is 1. The molecule has 15 heavy (non-hydrogen) atoms. The van der Waals surface area contributed by atoms with Crippen molar-refractivity contribution in [2.45, 2.75) is 39.0 Å². The Balaban J connectivity index is 2.47. The molecular weight excluding hydrogens is 254 g/mol. The van der Waals surface area contributed by atoms with Gasteiger partial charge in [-0.1, -0.05) is 28.1 Å². The van der Waals surface area contributed by atoms with Crippen LogP contribution in [0.3, 0.4) is 0 Å². The summed E-state index contributed by atoms with van der Waals surface area (Å²) in [7, 11) is 0. The van der Waals surface area contributed by atoms with E-state index < -0.39 is 5.60 Å². The summed E-state index contributed by atoms with van der Waals surface area (Å²) < 4.78 is 1.08. The van der Waals surface area contributed by atoms with Crippen LogP contribution in [0.5, 0.6) is 0 Å². The molecule has 0 saturated carbocycles. The van der Waals surface area contributed by atoms with Crippen molar-refractivity contribution < 1.29 is 5.11 Å². The Labute approximate surface area is 99.8 Å². The van der Waals surface area contributed by atoms with E-state index >= 15 is 0 Å². The summed E-state index contributed by atoms with van der Waals surface area (Å²) in [5.41, 5.74) is 0.532. The zero-order chi connectivity index (χ0) is 11.5. The number of aliphatic hydroxyl groups is 1. The lowest BCUT2D eigenvalue weighted by Gasteiger charge is -2.26. The normalized spacial score (nSPS) is 13.9. The first kappa shape index (κ1) is 12.7. The van der Waals surface area contributed by atoms with Gasteiger partial charge in [-0.3, -0.25) is 0 Å². The van der Waals surface area contributed by atoms with Crippen LogP contribution in [0.25, 0.3) is 0 Å². The third-order valence-electron chi connectivity index (χ3n) is 2.59. The topological polar surface area (TPSA) is 32.3 Å². The molecule has 1 atom stereocenters. The van der Waals surface area contributed by atoms with Gasteiger partial charge in [0.15, 0.2) is 0 Å². The lowest BCUT2D eigenvalue weighted by Crippen LogP contribution is -2.44. The molecule has 0 fully saturated rings. The van der Waals surface area contributed by atoms with E-state index in [2.05, 4.69) is 33.4 Å². The monoisotopic (exact) mass is 271 g/mol. The van der Waals surface area contributed by atoms with Gasteiger partial charge in [0.05, 0.1) is 5.60 Å². The molecule has 0 aliphatic rings. The lowest BCUT2D eigenvalue weighted by molar-refractivity contribution is 0.0437. The van der Waals surface area contributed by atoms with E-state index in [9.17, 15) is 5.11 Å². The summed E-state index contributed by atoms with van der Waals surface area (Å²) in [4.78, 5) is 0. The standard InChI is InChI=1S/C12H18BrNO/c1-9(12(2,3)15)14-8-10-4-6-11(13)7-5-10/h4-7,9,14-15H,8H2,1-3H3. The van der Waals surface area contributed by atoms with Gasteiger partial charge < -0.3 is 10.4 Å². The van der Waals surface area contributed by atoms with E-state index in [1.165, 1.54) is 5.56 Å². The maximum atomic E-state index is 9.74. The molecule has 0 aromatic heterocycles. The molecule has 0 spiro atoms. The quantitative estimate of drug-likeness (QED) is 0.883. The van der Waals surface area contributed by atoms with E-state index in [-0.39, 0.29) is 6.04 Å². The fourth-order valence-corrected chi connectivity index (χ4v) is 1.39. The molecule has 0 amide bonds. The van der Waals surface area contributed by atoms with Crippen LogP contribution < -0.4 is 5.32 Å². The van der Waals surface area contributed by atoms with Gasteiger partial charge in [0.2, 0.25) is 0 Å². The Morgan fingerprint density at radius 3 is 2.33 bits per heavy atom. The molecule has 0 aliphatic heterocycles. The highest BCUT2D eigenvalue weighted by Gasteiger charge is 2.21. The summed E-state index contributed by atoms with van der Waals surface area (Å²) in [5, 5.41) is 13.0. The molecule has 0 aliphatic carbocycles. The van der Waals surface area contributed by atoms with E-state index in [0.717, 1.165) is 11.0 Å². The van der Waals surface area contributed by atoms with Gasteiger partial charge in [-0.2, -0.15) is 0 Å². The van der Waals surface area contributed by atoms with Crippen LogP contribution in [-0.2, 0) is 6.54 Å². The predicted octanol–water partition coefficient (Wildman–Crippen LogP) is 2.70. The first-order valence-corrected chi connectivity index (χ1v) is 5.89. The SMILES string of the molecule is CC(NCc1ccc(Br)cc1)C(C)(C)O. The Bertz CT molecular complexity index is 302. The van der Waals surface area contributed by atoms with Gasteiger partial charge in [0.25, 0.3) is 0 Å². The van der Waals surface area contributed by atoms with Gasteiger partial charge in [0.1, 0.15) is 0 Å². The highest BCUT2D eigenvalue weighted by Crippen LogP contribution is 2.12. The first-order chi connectivity index (χ1) is 6.89. The van der Waals surface area contributed by atoms with E-state index in [1.807, 2.05) is 32.9 Å². The van der Waals surface area contributed by atoms with E-state index in [1.54, 1.807) is 0 Å². The Morgan fingerprint density at radius 1 is 1.33 bits per heavy atom. The molecule has 0 saturated heterocycles. The summed E-state index contributed by atoms with van der Waals surface area (Å²) in [6.45, 7) is 6.38. The third-order valence-corrected chi connectivity index (χ3v) is 3.11. The summed E-state index contributed by atoms with van der Waals surface area (Å²) in [5.74, 6) is 0. The van der Waals surface area contributed by atoms with Crippen molar-refractivity contribution in [3.05, 3.63) is 34.3 Å². The number of hydrogen-bond donors (Lipinski definition) is 2. The van der Waals surface area contributed by atoms with Gasteiger partial charge in [0, 0.05) is 17.1 Å². The van der Waals surface area contributed by atoms with Crippen molar-refractivity contribution in [2.24, 2.45) is 0 Å². The van der Waals surface area contributed by atoms with Crippen LogP contribution in [0.4, 0.5) is 0 Å². The average Bonchev–Trinajstić information content (AvgIpc) is 2.15. The van der Waals surface area contributed by atoms with Crippen molar-refractivity contribution in [1.82, 2.24) is 5.32 Å². The minimum Gasteiger partial charge on any atom is -0.389 e. The minimum atomic E-state index is -0.685. The van der Waals surface area contributed by atoms with E-state index in [0.29, 0.717) is 0 Å². The molecule has 2 nitrogen and oxygen atoms in total. The Morgan fingerprint density at radius 2 is 1.87 bits per heavy atom. The fourth-order valence-electron chi connectivity index (χ4n) is 1.12. The van der Waals surface area contributed by atoms with E-state index in [4.69, 9.17) is 0 Å². The molecule has 0 radical (unpaired) electrons. The summed E-state index contributed by atoms with van der Waals surface area (Å²) in [6.07, 6.45) is 0. The molecule has 1 aromatic rings. The highest BCUT2D eigenvalue weighted by atomic mass is 79.9. The molecule has 1 rings (SSSR count). The molecule has 3 heteroatoms. The molecule has 1 aromatic carbocycles. The maximum absolute atomic E-state index is 9.74. The van der Waals surface area contributed by atoms with Crippen molar-refractivity contribution in [3.63, 3.8) is 0 Å². The molecule has 1 unspecified atom stereocenters. The summed E-state index contributed by atoms with van der Waals surface area (Å²) >= 11 is 3.40. The maximum Gasteiger partial charge on any atom is 0.0741 e. The zero-order valence-corrected chi connectivity index (χ0v) is 11.0. The van der Waals surface area contributed by atoms with Crippen LogP contribution in [0.15, 0.2) is 28.7 Å². The van der Waals surface area contributed by atoms with Crippen LogP contribution in [-0.4, -0.2) is 16.7 Å². The second kappa shape index (κ2) is 5.10. The van der Waals surface area contributed by atoms with Crippen LogP contribution >= 0.6 is 15.9 Å². The Kier molecular flexibility index (Phi) is 4.32. The van der Waals surface area contributed by atoms with Gasteiger partial charge in [-0.05, 0) is 38.5 Å². The number of rotatable bonds is 4. The van der Waals surface area contributed by atoms with Gasteiger partial charge >= 0.3 is 0 Å². The van der Waals surface area contributed by atoms with Gasteiger partial charge in [-0.15, -0.1) is 0 Å². The average molecular weight is 272 g/mol. The predicted molar refractivity (Wildman–Crippen MR) is 66.7 cm³/mol. The largest absolute Gasteiger partial charge is 0.389 e. The highest BCUT2D eigenvalue weighted by molar-refractivity contribution is 9.10. The fraction of sp³-hybridized carbons (Fsp3) is 0.500. The molecule has 2 N–H and O–H groups in total. The van der Waals surface area contributed by atoms with Crippen molar-refractivity contribution in [2.75, 3.05) is 0 Å². The number of benzene rings is 1. The van der Waals surface area contributed by atoms with Crippen LogP contribution in [0.2, 0.25) is 0 Å². The summed E-state index contributed by atoms with van der Waals surface area (Å²) in [6, 6.07) is 8.24. The smallest absolute Gasteiger partial charge is 0.0741 e. The molecule has 84 valence electrons. The second-order valence-electron chi connectivity index (χ2n) is 4.38. The Hall–Kier alpha value is -0.380. The number of halogens is 1. The van der Waals surface area contributed by atoms with Crippen LogP contribution in [0.1, 0.15) is 26.3 Å². The molecule has 0 heterocycles. The zero-order valence-electron chi connectivity index (χ0n) is 9.42. The molecular formula is C12H18BrNO. The van der Waals surface area contributed by atoms with Gasteiger partial charge in [-0.25, -0.2) is 0 Å². The molecule has 0 bridgehead atoms. The second-order valence-corrected chi connectivity index (χ2v) is 5.30. The minimum absolute atomic E-state index is 0.0705. The van der Waals surface area contributed by atoms with Crippen molar-refractivity contribution >= 4 is 15.9 Å². The van der Waals surface area contributed by atoms with Crippen LogP contribution in [0, 0.1) is 0 Å². The first-order valence-electron chi connectivity index (χ1n) is 5.10. The number of hydrogen-bond acceptors (Lipinski definition) is 2. The van der Waals surface area contributed by atoms with Crippen molar-refractivity contribution in [3.8, 4) is 0 Å². The lowest BCUT2D eigenvalue weighted by atomic mass is 10.0. The van der Waals surface area contributed by atoms with Crippen molar-refractivity contribution in [1.29, 1.82) is 0 Å². The third kappa shape index (κ3) is 4.33.